The van der Waals surface area contributed by atoms with Crippen molar-refractivity contribution in [2.24, 2.45) is 5.41 Å². The van der Waals surface area contributed by atoms with Gasteiger partial charge >= 0.3 is 0 Å². The average Bonchev–Trinajstić information content (AvgIpc) is 2.84. The van der Waals surface area contributed by atoms with Gasteiger partial charge in [0.15, 0.2) is 0 Å². The summed E-state index contributed by atoms with van der Waals surface area (Å²) in [4.78, 5) is 0. The molecule has 0 N–H and O–H groups in total. The highest BCUT2D eigenvalue weighted by Gasteiger charge is 2.27. The van der Waals surface area contributed by atoms with E-state index in [1.54, 1.807) is 11.1 Å². The minimum Gasteiger partial charge on any atom is -0.0802 e. The van der Waals surface area contributed by atoms with E-state index in [4.69, 9.17) is 0 Å². The second-order valence-corrected chi connectivity index (χ2v) is 6.46. The van der Waals surface area contributed by atoms with Crippen molar-refractivity contribution < 1.29 is 0 Å². The third-order valence-electron chi connectivity index (χ3n) is 4.91. The summed E-state index contributed by atoms with van der Waals surface area (Å²) in [5.74, 6) is 0. The van der Waals surface area contributed by atoms with E-state index in [1.165, 1.54) is 56.9 Å². The summed E-state index contributed by atoms with van der Waals surface area (Å²) in [6.45, 7) is 2.48. The van der Waals surface area contributed by atoms with E-state index in [0.717, 1.165) is 0 Å². The van der Waals surface area contributed by atoms with Crippen molar-refractivity contribution in [1.29, 1.82) is 0 Å². The molecule has 0 bridgehead atoms. The fraction of sp³-hybridized carbons (Fsp3) is 0.556. The minimum absolute atomic E-state index is 0.597. The van der Waals surface area contributed by atoms with Crippen LogP contribution in [0.15, 0.2) is 30.3 Å². The Morgan fingerprint density at radius 2 is 1.83 bits per heavy atom. The number of hydrogen-bond donors (Lipinski definition) is 0. The molecule has 0 saturated heterocycles. The Balaban J connectivity index is 1.81. The Bertz CT molecular complexity index is 447. The number of benzene rings is 1. The molecule has 0 aliphatic heterocycles. The van der Waals surface area contributed by atoms with E-state index in [1.807, 2.05) is 0 Å². The fourth-order valence-electron chi connectivity index (χ4n) is 3.67. The van der Waals surface area contributed by atoms with Gasteiger partial charge in [0.1, 0.15) is 0 Å². The number of hydrogen-bond acceptors (Lipinski definition) is 0. The van der Waals surface area contributed by atoms with Crippen LogP contribution >= 0.6 is 0 Å². The molecule has 1 saturated carbocycles. The first kappa shape index (κ1) is 12.0. The Morgan fingerprint density at radius 3 is 2.67 bits per heavy atom. The van der Waals surface area contributed by atoms with Gasteiger partial charge in [0, 0.05) is 0 Å². The molecule has 1 aromatic rings. The molecule has 0 spiro atoms. The number of allylic oxidation sites excluding steroid dienone is 2. The van der Waals surface area contributed by atoms with Crippen molar-refractivity contribution in [3.05, 3.63) is 41.5 Å². The second kappa shape index (κ2) is 4.91. The molecular formula is C18H24. The largest absolute Gasteiger partial charge is 0.0802 e. The molecular weight excluding hydrogens is 216 g/mol. The van der Waals surface area contributed by atoms with Crippen molar-refractivity contribution in [2.45, 2.75) is 58.3 Å². The number of aryl methyl sites for hydroxylation is 1. The molecule has 2 aliphatic carbocycles. The molecule has 0 radical (unpaired) electrons. The van der Waals surface area contributed by atoms with Crippen LogP contribution in [0.4, 0.5) is 0 Å². The Hall–Kier alpha value is -1.04. The van der Waals surface area contributed by atoms with Gasteiger partial charge in [-0.2, -0.15) is 0 Å². The normalized spacial score (nSPS) is 24.2. The summed E-state index contributed by atoms with van der Waals surface area (Å²) in [5.41, 5.74) is 5.31. The highest BCUT2D eigenvalue weighted by molar-refractivity contribution is 5.69. The van der Waals surface area contributed by atoms with Gasteiger partial charge in [-0.1, -0.05) is 50.1 Å². The molecule has 1 fully saturated rings. The third kappa shape index (κ3) is 2.39. The van der Waals surface area contributed by atoms with E-state index in [2.05, 4.69) is 37.3 Å². The van der Waals surface area contributed by atoms with Crippen LogP contribution in [-0.2, 0) is 6.42 Å². The number of fused-ring (bicyclic) bond motifs is 1. The Labute approximate surface area is 111 Å². The van der Waals surface area contributed by atoms with Crippen molar-refractivity contribution in [1.82, 2.24) is 0 Å². The molecule has 96 valence electrons. The quantitative estimate of drug-likeness (QED) is 0.651. The molecule has 0 amide bonds. The molecule has 1 aromatic carbocycles. The minimum atomic E-state index is 0.597. The maximum Gasteiger partial charge on any atom is -0.0196 e. The van der Waals surface area contributed by atoms with Crippen molar-refractivity contribution in [3.8, 4) is 0 Å². The molecule has 18 heavy (non-hydrogen) atoms. The topological polar surface area (TPSA) is 0 Å². The van der Waals surface area contributed by atoms with Crippen molar-refractivity contribution >= 4 is 5.57 Å². The number of rotatable bonds is 2. The lowest BCUT2D eigenvalue weighted by atomic mass is 9.81. The van der Waals surface area contributed by atoms with Gasteiger partial charge < -0.3 is 0 Å². The molecule has 0 atom stereocenters. The van der Waals surface area contributed by atoms with Gasteiger partial charge in [0.25, 0.3) is 0 Å². The first-order valence-electron chi connectivity index (χ1n) is 7.54. The van der Waals surface area contributed by atoms with Crippen LogP contribution in [0.1, 0.15) is 63.0 Å². The van der Waals surface area contributed by atoms with E-state index >= 15 is 0 Å². The first-order chi connectivity index (χ1) is 8.77. The summed E-state index contributed by atoms with van der Waals surface area (Å²) in [6.07, 6.45) is 13.5. The summed E-state index contributed by atoms with van der Waals surface area (Å²) >= 11 is 0. The molecule has 0 heteroatoms. The molecule has 0 heterocycles. The van der Waals surface area contributed by atoms with Crippen LogP contribution in [0.5, 0.6) is 0 Å². The van der Waals surface area contributed by atoms with Crippen LogP contribution in [0.3, 0.4) is 0 Å². The summed E-state index contributed by atoms with van der Waals surface area (Å²) in [7, 11) is 0. The van der Waals surface area contributed by atoms with Gasteiger partial charge in [-0.15, -0.1) is 0 Å². The smallest absolute Gasteiger partial charge is 0.0196 e. The molecule has 0 nitrogen and oxygen atoms in total. The molecule has 2 aliphatic rings. The van der Waals surface area contributed by atoms with Gasteiger partial charge in [-0.3, -0.25) is 0 Å². The van der Waals surface area contributed by atoms with Crippen molar-refractivity contribution in [2.75, 3.05) is 0 Å². The van der Waals surface area contributed by atoms with E-state index in [9.17, 15) is 0 Å². The first-order valence-corrected chi connectivity index (χ1v) is 7.54. The monoisotopic (exact) mass is 240 g/mol. The lowest BCUT2D eigenvalue weighted by Gasteiger charge is -2.24. The summed E-state index contributed by atoms with van der Waals surface area (Å²) in [6, 6.07) is 8.99. The van der Waals surface area contributed by atoms with Crippen LogP contribution in [0.2, 0.25) is 0 Å². The molecule has 0 unspecified atom stereocenters. The predicted molar refractivity (Wildman–Crippen MR) is 78.5 cm³/mol. The zero-order chi connectivity index (χ0) is 12.4. The van der Waals surface area contributed by atoms with E-state index in [0.29, 0.717) is 5.41 Å². The maximum atomic E-state index is 2.56. The van der Waals surface area contributed by atoms with Crippen LogP contribution in [0, 0.1) is 5.41 Å². The summed E-state index contributed by atoms with van der Waals surface area (Å²) in [5, 5.41) is 0. The van der Waals surface area contributed by atoms with E-state index < -0.39 is 0 Å². The average molecular weight is 240 g/mol. The Morgan fingerprint density at radius 1 is 1.06 bits per heavy atom. The van der Waals surface area contributed by atoms with E-state index in [-0.39, 0.29) is 0 Å². The van der Waals surface area contributed by atoms with Crippen molar-refractivity contribution in [3.63, 3.8) is 0 Å². The van der Waals surface area contributed by atoms with Crippen LogP contribution in [0.25, 0.3) is 5.57 Å². The van der Waals surface area contributed by atoms with Crippen LogP contribution in [-0.4, -0.2) is 0 Å². The van der Waals surface area contributed by atoms with Gasteiger partial charge in [-0.05, 0) is 60.6 Å². The zero-order valence-corrected chi connectivity index (χ0v) is 11.5. The fourth-order valence-corrected chi connectivity index (χ4v) is 3.67. The SMILES string of the molecule is CC1(CC=C2CCCc3ccccc32)CCCC1. The maximum absolute atomic E-state index is 2.56. The van der Waals surface area contributed by atoms with Gasteiger partial charge in [0.2, 0.25) is 0 Å². The molecule has 0 aromatic heterocycles. The summed E-state index contributed by atoms with van der Waals surface area (Å²) < 4.78 is 0. The Kier molecular flexibility index (Phi) is 3.28. The zero-order valence-electron chi connectivity index (χ0n) is 11.5. The van der Waals surface area contributed by atoms with Gasteiger partial charge in [-0.25, -0.2) is 0 Å². The predicted octanol–water partition coefficient (Wildman–Crippen LogP) is 5.38. The van der Waals surface area contributed by atoms with Gasteiger partial charge in [0.05, 0.1) is 0 Å². The highest BCUT2D eigenvalue weighted by Crippen LogP contribution is 2.42. The molecule has 3 rings (SSSR count). The standard InChI is InChI=1S/C18H24/c1-18(12-4-5-13-18)14-11-16-9-6-8-15-7-2-3-10-17(15)16/h2-3,7,10-11H,4-6,8-9,12-14H2,1H3. The second-order valence-electron chi connectivity index (χ2n) is 6.46. The lowest BCUT2D eigenvalue weighted by Crippen LogP contribution is -2.10. The lowest BCUT2D eigenvalue weighted by molar-refractivity contribution is 0.342. The highest BCUT2D eigenvalue weighted by atomic mass is 14.3. The third-order valence-corrected chi connectivity index (χ3v) is 4.91. The van der Waals surface area contributed by atoms with Crippen LogP contribution < -0.4 is 0 Å².